The predicted octanol–water partition coefficient (Wildman–Crippen LogP) is 2.01. The number of β-amino-alcohol motifs (C(OH)–C–C–N with tert-alkyl or cyclic N) is 1. The van der Waals surface area contributed by atoms with Crippen molar-refractivity contribution < 1.29 is 19.4 Å². The van der Waals surface area contributed by atoms with Crippen LogP contribution in [-0.4, -0.2) is 66.9 Å². The first-order valence-corrected chi connectivity index (χ1v) is 9.68. The number of nitrogens with one attached hydrogen (secondary N) is 2. The number of carbonyl (C=O) groups excluding carboxylic acids is 1. The number of H-pyrrole nitrogens is 1. The zero-order chi connectivity index (χ0) is 20.2. The second kappa shape index (κ2) is 8.55. The molecule has 0 aliphatic carbocycles. The molecule has 152 valence electrons. The fourth-order valence-corrected chi connectivity index (χ4v) is 3.66. The standard InChI is InChI=1S/C22H25N3O4/c1-28-17-9-15(19-3-2-4-21-20(19)5-6-23-21)10-18(11-17)29-14-16(26)12-25-8-7-24-22(27)13-25/h2-6,9-11,16,23,26H,7-8,12-14H2,1H3,(H,24,27). The van der Waals surface area contributed by atoms with Crippen molar-refractivity contribution in [2.45, 2.75) is 6.10 Å². The van der Waals surface area contributed by atoms with E-state index in [1.807, 2.05) is 47.5 Å². The summed E-state index contributed by atoms with van der Waals surface area (Å²) >= 11 is 0. The Morgan fingerprint density at radius 1 is 1.21 bits per heavy atom. The first kappa shape index (κ1) is 19.3. The SMILES string of the molecule is COc1cc(OCC(O)CN2CCNC(=O)C2)cc(-c2cccc3[nH]ccc23)c1. The fraction of sp³-hybridized carbons (Fsp3) is 0.318. The molecule has 1 aliphatic rings. The molecule has 2 aromatic carbocycles. The average molecular weight is 395 g/mol. The van der Waals surface area contributed by atoms with Crippen LogP contribution in [0.5, 0.6) is 11.5 Å². The Morgan fingerprint density at radius 3 is 2.90 bits per heavy atom. The Kier molecular flexibility index (Phi) is 5.69. The number of aliphatic hydroxyl groups excluding tert-OH is 1. The lowest BCUT2D eigenvalue weighted by Crippen LogP contribution is -2.50. The van der Waals surface area contributed by atoms with E-state index in [1.165, 1.54) is 0 Å². The van der Waals surface area contributed by atoms with Crippen LogP contribution in [0.15, 0.2) is 48.7 Å². The van der Waals surface area contributed by atoms with E-state index in [0.29, 0.717) is 31.1 Å². The minimum Gasteiger partial charge on any atom is -0.497 e. The number of aromatic amines is 1. The first-order valence-electron chi connectivity index (χ1n) is 9.68. The molecule has 1 saturated heterocycles. The van der Waals surface area contributed by atoms with Crippen molar-refractivity contribution in [1.82, 2.24) is 15.2 Å². The fourth-order valence-electron chi connectivity index (χ4n) is 3.66. The van der Waals surface area contributed by atoms with Crippen molar-refractivity contribution in [1.29, 1.82) is 0 Å². The number of nitrogens with zero attached hydrogens (tertiary/aromatic N) is 1. The van der Waals surface area contributed by atoms with Gasteiger partial charge in [-0.15, -0.1) is 0 Å². The van der Waals surface area contributed by atoms with E-state index in [0.717, 1.165) is 28.6 Å². The summed E-state index contributed by atoms with van der Waals surface area (Å²) in [7, 11) is 1.62. The van der Waals surface area contributed by atoms with Crippen molar-refractivity contribution in [3.05, 3.63) is 48.7 Å². The highest BCUT2D eigenvalue weighted by molar-refractivity contribution is 5.95. The van der Waals surface area contributed by atoms with E-state index >= 15 is 0 Å². The van der Waals surface area contributed by atoms with Gasteiger partial charge in [0, 0.05) is 42.8 Å². The van der Waals surface area contributed by atoms with Gasteiger partial charge in [0.1, 0.15) is 24.2 Å². The molecule has 0 radical (unpaired) electrons. The molecule has 1 amide bonds. The smallest absolute Gasteiger partial charge is 0.234 e. The van der Waals surface area contributed by atoms with E-state index in [1.54, 1.807) is 7.11 Å². The molecule has 29 heavy (non-hydrogen) atoms. The van der Waals surface area contributed by atoms with Crippen LogP contribution in [0.3, 0.4) is 0 Å². The summed E-state index contributed by atoms with van der Waals surface area (Å²) in [5.74, 6) is 1.30. The second-order valence-corrected chi connectivity index (χ2v) is 7.19. The monoisotopic (exact) mass is 395 g/mol. The zero-order valence-electron chi connectivity index (χ0n) is 16.4. The molecule has 3 aromatic rings. The molecule has 0 spiro atoms. The highest BCUT2D eigenvalue weighted by Gasteiger charge is 2.19. The van der Waals surface area contributed by atoms with E-state index in [4.69, 9.17) is 9.47 Å². The van der Waals surface area contributed by atoms with Crippen molar-refractivity contribution in [2.75, 3.05) is 39.9 Å². The average Bonchev–Trinajstić information content (AvgIpc) is 3.21. The molecule has 1 aromatic heterocycles. The summed E-state index contributed by atoms with van der Waals surface area (Å²) in [6, 6.07) is 13.9. The molecular weight excluding hydrogens is 370 g/mol. The molecular formula is C22H25N3O4. The minimum atomic E-state index is -0.691. The topological polar surface area (TPSA) is 86.8 Å². The number of hydrogen-bond donors (Lipinski definition) is 3. The van der Waals surface area contributed by atoms with Crippen molar-refractivity contribution in [3.63, 3.8) is 0 Å². The molecule has 1 aliphatic heterocycles. The normalized spacial score (nSPS) is 15.9. The number of piperazine rings is 1. The molecule has 0 saturated carbocycles. The molecule has 7 heteroatoms. The molecule has 0 bridgehead atoms. The molecule has 4 rings (SSSR count). The first-order chi connectivity index (χ1) is 14.1. The molecule has 3 N–H and O–H groups in total. The Bertz CT molecular complexity index is 1000. The maximum Gasteiger partial charge on any atom is 0.234 e. The van der Waals surface area contributed by atoms with Gasteiger partial charge >= 0.3 is 0 Å². The summed E-state index contributed by atoms with van der Waals surface area (Å²) < 4.78 is 11.3. The predicted molar refractivity (Wildman–Crippen MR) is 111 cm³/mol. The summed E-state index contributed by atoms with van der Waals surface area (Å²) in [5, 5.41) is 14.2. The lowest BCUT2D eigenvalue weighted by molar-refractivity contribution is -0.124. The Morgan fingerprint density at radius 2 is 2.07 bits per heavy atom. The third-order valence-electron chi connectivity index (χ3n) is 5.05. The lowest BCUT2D eigenvalue weighted by atomic mass is 10.0. The Balaban J connectivity index is 1.48. The van der Waals surface area contributed by atoms with Crippen LogP contribution >= 0.6 is 0 Å². The maximum absolute atomic E-state index is 11.5. The van der Waals surface area contributed by atoms with Crippen LogP contribution in [-0.2, 0) is 4.79 Å². The third-order valence-corrected chi connectivity index (χ3v) is 5.05. The highest BCUT2D eigenvalue weighted by Crippen LogP contribution is 2.34. The van der Waals surface area contributed by atoms with Gasteiger partial charge in [-0.3, -0.25) is 9.69 Å². The number of fused-ring (bicyclic) bond motifs is 1. The van der Waals surface area contributed by atoms with Crippen molar-refractivity contribution >= 4 is 16.8 Å². The van der Waals surface area contributed by atoms with Crippen LogP contribution in [0.1, 0.15) is 0 Å². The number of carbonyl (C=O) groups is 1. The number of benzene rings is 2. The van der Waals surface area contributed by atoms with E-state index < -0.39 is 6.10 Å². The lowest BCUT2D eigenvalue weighted by Gasteiger charge is -2.28. The number of aromatic nitrogens is 1. The van der Waals surface area contributed by atoms with Gasteiger partial charge in [-0.25, -0.2) is 0 Å². The van der Waals surface area contributed by atoms with Crippen molar-refractivity contribution in [2.24, 2.45) is 0 Å². The van der Waals surface area contributed by atoms with E-state index in [-0.39, 0.29) is 12.5 Å². The number of amides is 1. The number of aliphatic hydroxyl groups is 1. The van der Waals surface area contributed by atoms with Crippen LogP contribution in [0, 0.1) is 0 Å². The number of ether oxygens (including phenoxy) is 2. The van der Waals surface area contributed by atoms with E-state index in [2.05, 4.69) is 16.4 Å². The van der Waals surface area contributed by atoms with Crippen LogP contribution in [0.25, 0.3) is 22.0 Å². The van der Waals surface area contributed by atoms with Crippen molar-refractivity contribution in [3.8, 4) is 22.6 Å². The number of rotatable bonds is 7. The third kappa shape index (κ3) is 4.52. The minimum absolute atomic E-state index is 0.0132. The summed E-state index contributed by atoms with van der Waals surface area (Å²) in [6.45, 7) is 2.18. The van der Waals surface area contributed by atoms with Gasteiger partial charge in [0.25, 0.3) is 0 Å². The molecule has 7 nitrogen and oxygen atoms in total. The van der Waals surface area contributed by atoms with Gasteiger partial charge in [-0.1, -0.05) is 12.1 Å². The van der Waals surface area contributed by atoms with Gasteiger partial charge in [0.2, 0.25) is 5.91 Å². The number of hydrogen-bond acceptors (Lipinski definition) is 5. The number of methoxy groups -OCH3 is 1. The molecule has 1 atom stereocenters. The second-order valence-electron chi connectivity index (χ2n) is 7.19. The highest BCUT2D eigenvalue weighted by atomic mass is 16.5. The van der Waals surface area contributed by atoms with Gasteiger partial charge in [-0.2, -0.15) is 0 Å². The largest absolute Gasteiger partial charge is 0.497 e. The van der Waals surface area contributed by atoms with Crippen LogP contribution < -0.4 is 14.8 Å². The molecule has 1 unspecified atom stereocenters. The summed E-state index contributed by atoms with van der Waals surface area (Å²) in [6.07, 6.45) is 1.23. The van der Waals surface area contributed by atoms with Gasteiger partial charge in [0.15, 0.2) is 0 Å². The maximum atomic E-state index is 11.5. The van der Waals surface area contributed by atoms with Gasteiger partial charge in [0.05, 0.1) is 13.7 Å². The Labute approximate surface area is 169 Å². The van der Waals surface area contributed by atoms with E-state index in [9.17, 15) is 9.90 Å². The molecule has 1 fully saturated rings. The van der Waals surface area contributed by atoms with Crippen LogP contribution in [0.4, 0.5) is 0 Å². The summed E-state index contributed by atoms with van der Waals surface area (Å²) in [5.41, 5.74) is 3.12. The van der Waals surface area contributed by atoms with Gasteiger partial charge < -0.3 is 24.9 Å². The van der Waals surface area contributed by atoms with Gasteiger partial charge in [-0.05, 0) is 35.4 Å². The Hall–Kier alpha value is -3.03. The quantitative estimate of drug-likeness (QED) is 0.570. The molecule has 2 heterocycles. The van der Waals surface area contributed by atoms with Crippen LogP contribution in [0.2, 0.25) is 0 Å². The summed E-state index contributed by atoms with van der Waals surface area (Å²) in [4.78, 5) is 16.6. The zero-order valence-corrected chi connectivity index (χ0v) is 16.4.